The summed E-state index contributed by atoms with van der Waals surface area (Å²) in [6.45, 7) is 21.3. The van der Waals surface area contributed by atoms with Crippen LogP contribution in [0.5, 0.6) is 0 Å². The number of hydrogen-bond acceptors (Lipinski definition) is 3. The van der Waals surface area contributed by atoms with Crippen molar-refractivity contribution >= 4 is 43.1 Å². The van der Waals surface area contributed by atoms with Gasteiger partial charge in [-0.05, 0) is 227 Å². The fraction of sp³-hybridized carbons (Fsp3) is 0.382. The molecule has 0 atom stereocenters. The van der Waals surface area contributed by atoms with Gasteiger partial charge in [0.2, 0.25) is 22.8 Å². The molecule has 0 spiro atoms. The Morgan fingerprint density at radius 3 is 1.23 bits per heavy atom. The Hall–Kier alpha value is -9.59. The topological polar surface area (TPSA) is 54.2 Å². The van der Waals surface area contributed by atoms with Crippen molar-refractivity contribution in [2.75, 3.05) is 0 Å². The standard InChI is InChI=1S/C29H31N2.C27H34N.2C23H27N2/c1-20-10-12-24(25-9-6-14-30-19-25)18-28(20)29-27-13-11-23(16-22-7-4-5-8-22)17-26(27)15-21(2)31(29)3;1-18(2)24-14-19(3)20(4)26(17-24)27-25-11-10-22(15-21-8-6-7-9-21)16-23(25)12-13-28(27)5;1-16-15-24-11-10-21(16)23-22-9-8-19(13-18-6-4-5-7-18)14-20(22)12-17(2)25(23)3;1-16-10-11-24-15-22(16)23-21-9-8-19(13-18-6-4-5-7-18)14-20(21)12-17(2)25(23)3/h6,9-15,17-19,22H,4-5,7-8,16H2,1-3H3;10-14,16-18,21H,6-9,15H2,1-5H3;2*8-12,14-15,18H,4-7,13H2,1-3H3/q4*+1/i;13D,18D;;. The molecule has 0 aliphatic heterocycles. The Labute approximate surface area is 654 Å². The highest BCUT2D eigenvalue weighted by Crippen LogP contribution is 2.40. The van der Waals surface area contributed by atoms with Crippen LogP contribution in [0.15, 0.2) is 195 Å². The van der Waals surface area contributed by atoms with Crippen molar-refractivity contribution in [3.8, 4) is 56.2 Å². The zero-order valence-corrected chi connectivity index (χ0v) is 68.0. The molecular weight excluding hydrogens is 1320 g/mol. The van der Waals surface area contributed by atoms with Crippen LogP contribution in [0.3, 0.4) is 0 Å². The van der Waals surface area contributed by atoms with Gasteiger partial charge in [-0.1, -0.05) is 189 Å². The van der Waals surface area contributed by atoms with E-state index in [1.807, 2.05) is 74.8 Å². The first-order chi connectivity index (χ1) is 53.5. The van der Waals surface area contributed by atoms with E-state index in [0.717, 1.165) is 57.9 Å². The second-order valence-corrected chi connectivity index (χ2v) is 33.5. The average Bonchev–Trinajstić information content (AvgIpc) is 1.32. The van der Waals surface area contributed by atoms with Gasteiger partial charge in [0.15, 0.2) is 23.3 Å². The molecule has 4 fully saturated rings. The SMILES string of the molecule is Cc1ccc(-c2cccnc2)cc1-c1c2ccc(CC3CCCC3)cc2cc(C)[n+]1C.Cc1ccncc1-c1c2ccc(CC3CCCC3)cc2cc(C)[n+]1C.Cc1cnccc1-c1c2ccc(CC3CCCC3)cc2cc(C)[n+]1C.[2H]c1cc2cc(CC3CCCC3)ccc2c(-c2cc(C([2H])(C)C)cc(C)c2C)[n+]1C. The van der Waals surface area contributed by atoms with E-state index in [2.05, 4.69) is 245 Å². The summed E-state index contributed by atoms with van der Waals surface area (Å²) in [7, 11) is 8.49. The summed E-state index contributed by atoms with van der Waals surface area (Å²) < 4.78 is 26.1. The van der Waals surface area contributed by atoms with E-state index in [0.29, 0.717) is 6.17 Å². The predicted molar refractivity (Wildman–Crippen MR) is 456 cm³/mol. The minimum absolute atomic E-state index is 0.517. The van der Waals surface area contributed by atoms with Gasteiger partial charge in [-0.3, -0.25) is 15.0 Å². The van der Waals surface area contributed by atoms with Crippen LogP contribution in [-0.4, -0.2) is 15.0 Å². The Bertz CT molecular complexity index is 5400. The first-order valence-corrected chi connectivity index (χ1v) is 41.2. The first kappa shape index (κ1) is 73.5. The smallest absolute Gasteiger partial charge is 0.222 e. The van der Waals surface area contributed by atoms with E-state index in [-0.39, 0.29) is 0 Å². The van der Waals surface area contributed by atoms with E-state index < -0.39 is 5.89 Å². The summed E-state index contributed by atoms with van der Waals surface area (Å²) in [6, 6.07) is 56.6. The summed E-state index contributed by atoms with van der Waals surface area (Å²) in [5, 5.41) is 10.4. The van der Waals surface area contributed by atoms with E-state index in [1.54, 1.807) is 0 Å². The Morgan fingerprint density at radius 2 is 0.780 bits per heavy atom. The van der Waals surface area contributed by atoms with Gasteiger partial charge >= 0.3 is 0 Å². The first-order valence-electron chi connectivity index (χ1n) is 42.2. The minimum atomic E-state index is -0.658. The zero-order valence-electron chi connectivity index (χ0n) is 70.0. The van der Waals surface area contributed by atoms with Gasteiger partial charge in [0.1, 0.15) is 29.6 Å². The maximum absolute atomic E-state index is 8.61. The number of fused-ring (bicyclic) bond motifs is 4. The number of rotatable bonds is 14. The molecule has 558 valence electrons. The molecule has 7 heterocycles. The molecule has 17 rings (SSSR count). The molecule has 7 heteroatoms. The third kappa shape index (κ3) is 17.2. The second-order valence-electron chi connectivity index (χ2n) is 33.5. The van der Waals surface area contributed by atoms with Crippen LogP contribution in [0.4, 0.5) is 0 Å². The molecule has 0 N–H and O–H groups in total. The molecule has 0 bridgehead atoms. The predicted octanol–water partition coefficient (Wildman–Crippen LogP) is 23.7. The number of benzene rings is 6. The molecule has 0 amide bonds. The summed E-state index contributed by atoms with van der Waals surface area (Å²) in [4.78, 5) is 13.0. The van der Waals surface area contributed by atoms with Crippen molar-refractivity contribution in [1.82, 2.24) is 15.0 Å². The van der Waals surface area contributed by atoms with Crippen LogP contribution in [0, 0.1) is 79.1 Å². The van der Waals surface area contributed by atoms with Gasteiger partial charge in [-0.2, -0.15) is 13.7 Å². The maximum Gasteiger partial charge on any atom is 0.222 e. The van der Waals surface area contributed by atoms with Crippen molar-refractivity contribution in [3.05, 3.63) is 268 Å². The molecule has 6 aromatic carbocycles. The molecule has 4 aliphatic carbocycles. The normalized spacial score (nSPS) is 15.3. The van der Waals surface area contributed by atoms with Crippen molar-refractivity contribution in [1.29, 1.82) is 0 Å². The van der Waals surface area contributed by atoms with Gasteiger partial charge in [-0.15, -0.1) is 0 Å². The lowest BCUT2D eigenvalue weighted by molar-refractivity contribution is -0.665. The fourth-order valence-corrected chi connectivity index (χ4v) is 18.7. The van der Waals surface area contributed by atoms with E-state index in [1.165, 1.54) is 266 Å². The van der Waals surface area contributed by atoms with Crippen molar-refractivity contribution in [2.45, 2.75) is 204 Å². The molecule has 7 aromatic heterocycles. The van der Waals surface area contributed by atoms with Crippen LogP contribution in [0.1, 0.15) is 198 Å². The lowest BCUT2D eigenvalue weighted by atomic mass is 9.90. The van der Waals surface area contributed by atoms with Crippen LogP contribution < -0.4 is 18.3 Å². The molecule has 7 nitrogen and oxygen atoms in total. The number of pyridine rings is 7. The number of aromatic nitrogens is 7. The monoisotopic (exact) mass is 1440 g/mol. The summed E-state index contributed by atoms with van der Waals surface area (Å²) in [5.74, 6) is 2.81. The highest BCUT2D eigenvalue weighted by molar-refractivity contribution is 5.98. The maximum atomic E-state index is 8.61. The minimum Gasteiger partial charge on any atom is -0.264 e. The zero-order chi connectivity index (χ0) is 77.8. The Balaban J connectivity index is 0.000000124. The molecule has 13 aromatic rings. The van der Waals surface area contributed by atoms with Gasteiger partial charge < -0.3 is 0 Å². The van der Waals surface area contributed by atoms with Gasteiger partial charge in [-0.25, -0.2) is 4.57 Å². The van der Waals surface area contributed by atoms with Gasteiger partial charge in [0, 0.05) is 89.2 Å². The molecule has 4 aliphatic rings. The van der Waals surface area contributed by atoms with Crippen molar-refractivity contribution in [3.63, 3.8) is 0 Å². The highest BCUT2D eigenvalue weighted by atomic mass is 15.0. The summed E-state index contributed by atoms with van der Waals surface area (Å²) in [5.41, 5.74) is 29.2. The average molecular weight is 1450 g/mol. The van der Waals surface area contributed by atoms with E-state index in [4.69, 9.17) is 2.74 Å². The van der Waals surface area contributed by atoms with Crippen molar-refractivity contribution < 1.29 is 21.0 Å². The number of hydrogen-bond donors (Lipinski definition) is 0. The van der Waals surface area contributed by atoms with Crippen LogP contribution in [-0.2, 0) is 53.9 Å². The fourth-order valence-electron chi connectivity index (χ4n) is 18.7. The summed E-state index contributed by atoms with van der Waals surface area (Å²) in [6.07, 6.45) is 39.2. The Morgan fingerprint density at radius 1 is 0.358 bits per heavy atom. The molecule has 4 saturated carbocycles. The van der Waals surface area contributed by atoms with Gasteiger partial charge in [0.25, 0.3) is 0 Å². The van der Waals surface area contributed by atoms with Gasteiger partial charge in [0.05, 0.1) is 43.8 Å². The van der Waals surface area contributed by atoms with Crippen LogP contribution in [0.25, 0.3) is 99.2 Å². The summed E-state index contributed by atoms with van der Waals surface area (Å²) >= 11 is 0. The largest absolute Gasteiger partial charge is 0.264 e. The van der Waals surface area contributed by atoms with E-state index in [9.17, 15) is 0 Å². The van der Waals surface area contributed by atoms with Crippen LogP contribution >= 0.6 is 0 Å². The Kier molecular flexibility index (Phi) is 23.0. The molecule has 109 heavy (non-hydrogen) atoms. The number of nitrogens with zero attached hydrogens (tertiary/aromatic N) is 7. The number of aryl methyl sites for hydroxylation is 7. The third-order valence-electron chi connectivity index (χ3n) is 25.5. The second kappa shape index (κ2) is 34.1. The molecule has 0 unspecified atom stereocenters. The third-order valence-corrected chi connectivity index (χ3v) is 25.5. The van der Waals surface area contributed by atoms with E-state index >= 15 is 0 Å². The molecular formula is C102H119N7+4. The van der Waals surface area contributed by atoms with Crippen molar-refractivity contribution in [2.24, 2.45) is 51.9 Å². The molecule has 0 radical (unpaired) electrons. The van der Waals surface area contributed by atoms with Crippen LogP contribution in [0.2, 0.25) is 0 Å². The lowest BCUT2D eigenvalue weighted by Gasteiger charge is -2.15. The highest BCUT2D eigenvalue weighted by Gasteiger charge is 2.28. The molecule has 0 saturated heterocycles. The quantitative estimate of drug-likeness (QED) is 0.102. The lowest BCUT2D eigenvalue weighted by Crippen LogP contribution is -2.35.